The second kappa shape index (κ2) is 24.0. The number of nitrogen functional groups attached to an aromatic ring is 3. The Labute approximate surface area is 584 Å². The third kappa shape index (κ3) is 10.9. The number of rotatable bonds is 4. The van der Waals surface area contributed by atoms with Crippen molar-refractivity contribution < 1.29 is 22.8 Å². The number of nitrogens with one attached hydrogen (secondary N) is 4. The number of Topliss-reactive ketones (excluding diaryl/α,β-unsaturated/α-hetero) is 1. The number of H-pyrrole nitrogens is 4. The Kier molecular flexibility index (Phi) is 19.0. The van der Waals surface area contributed by atoms with Crippen LogP contribution in [0.5, 0.6) is 0 Å². The predicted molar refractivity (Wildman–Crippen MR) is 385 cm³/mol. The van der Waals surface area contributed by atoms with E-state index in [0.29, 0.717) is 79.7 Å². The second-order valence-electron chi connectivity index (χ2n) is 33.4. The Morgan fingerprint density at radius 3 is 1.38 bits per heavy atom. The molecule has 0 spiro atoms. The summed E-state index contributed by atoms with van der Waals surface area (Å²) in [5.74, 6) is 4.68. The van der Waals surface area contributed by atoms with Crippen LogP contribution in [-0.4, -0.2) is 51.8 Å². The Balaban J connectivity index is 0.000000170. The second-order valence-corrected chi connectivity index (χ2v) is 53.4. The molecule has 4 heterocycles. The first-order valence-corrected chi connectivity index (χ1v) is 47.8. The number of fused-ring (bicyclic) bond motifs is 16. The largest absolute Gasteiger partial charge is 0.374 e. The molecule has 0 bridgehead atoms. The molecule has 6 fully saturated rings. The summed E-state index contributed by atoms with van der Waals surface area (Å²) >= 11 is 24.4. The Morgan fingerprint density at radius 2 is 0.989 bits per heavy atom. The van der Waals surface area contributed by atoms with Gasteiger partial charge in [0.15, 0.2) is 7.91 Å². The van der Waals surface area contributed by atoms with Gasteiger partial charge < -0.3 is 17.2 Å². The quantitative estimate of drug-likeness (QED) is 0.0440. The molecule has 14 rings (SSSR count). The number of hydrogen-bond donors (Lipinski definition) is 7. The molecule has 4 aromatic heterocycles. The first-order valence-electron chi connectivity index (χ1n) is 32.4. The monoisotopic (exact) mass is 1650 g/mol. The van der Waals surface area contributed by atoms with Gasteiger partial charge in [-0.15, -0.1) is 5.10 Å². The van der Waals surface area contributed by atoms with Gasteiger partial charge in [-0.2, -0.15) is 15.3 Å². The zero-order valence-corrected chi connectivity index (χ0v) is 65.0. The van der Waals surface area contributed by atoms with E-state index in [4.69, 9.17) is 41.0 Å². The maximum atomic E-state index is 14.4. The van der Waals surface area contributed by atoms with Crippen LogP contribution < -0.4 is 30.5 Å². The van der Waals surface area contributed by atoms with Gasteiger partial charge in [-0.3, -0.25) is 30.0 Å². The summed E-state index contributed by atoms with van der Waals surface area (Å²) in [6, 6.07) is 0. The van der Waals surface area contributed by atoms with Crippen LogP contribution in [0.15, 0.2) is 23.3 Å². The molecule has 10 aliphatic rings. The van der Waals surface area contributed by atoms with Crippen molar-refractivity contribution >= 4 is 124 Å². The van der Waals surface area contributed by atoms with Gasteiger partial charge >= 0.3 is 50.5 Å². The van der Waals surface area contributed by atoms with Crippen LogP contribution in [-0.2, 0) is 39.7 Å². The summed E-state index contributed by atoms with van der Waals surface area (Å²) in [5.41, 5.74) is 27.1. The molecule has 10 N–H and O–H groups in total. The minimum absolute atomic E-state index is 0. The fraction of sp³-hybridized carbons (Fsp3) is 0.765. The summed E-state index contributed by atoms with van der Waals surface area (Å²) in [5, 5.41) is 30.3. The molecular formula is C68H102ClI3N11O2S4-. The topological polar surface area (TPSA) is 227 Å². The number of hydrogen-bond acceptors (Lipinski definition) is 13. The molecule has 14 atom stereocenters. The molecule has 0 radical (unpaired) electrons. The number of allylic oxidation sites excluding steroid dienone is 4. The molecule has 4 aromatic rings. The van der Waals surface area contributed by atoms with Gasteiger partial charge in [-0.1, -0.05) is 150 Å². The Bertz CT molecular complexity index is 3580. The smallest absolute Gasteiger partial charge is 0.201 e. The number of nitrogens with two attached hydrogens (primary N) is 3. The van der Waals surface area contributed by atoms with E-state index in [1.54, 1.807) is 11.1 Å². The van der Waals surface area contributed by atoms with E-state index in [1.165, 1.54) is 70.9 Å². The Hall–Kier alpha value is -1.32. The molecule has 0 aromatic carbocycles. The first-order chi connectivity index (χ1) is 40.9. The van der Waals surface area contributed by atoms with Gasteiger partial charge in [0.05, 0.1) is 11.8 Å². The van der Waals surface area contributed by atoms with Crippen molar-refractivity contribution in [3.63, 3.8) is 0 Å². The molecule has 89 heavy (non-hydrogen) atoms. The summed E-state index contributed by atoms with van der Waals surface area (Å²) in [6.45, 7) is 34.8. The minimum atomic E-state index is -0.361. The predicted octanol–water partition coefficient (Wildman–Crippen LogP) is 15.9. The van der Waals surface area contributed by atoms with E-state index in [2.05, 4.69) is 199 Å². The average molecular weight is 1650 g/mol. The number of anilines is 3. The summed E-state index contributed by atoms with van der Waals surface area (Å²) in [4.78, 5) is 27.4. The van der Waals surface area contributed by atoms with Crippen molar-refractivity contribution in [2.24, 2.45) is 89.7 Å². The van der Waals surface area contributed by atoms with Gasteiger partial charge in [0, 0.05) is 38.8 Å². The van der Waals surface area contributed by atoms with Crippen molar-refractivity contribution in [1.29, 1.82) is 0 Å². The molecule has 0 amide bonds. The van der Waals surface area contributed by atoms with Crippen LogP contribution in [0.1, 0.15) is 235 Å². The average Bonchev–Trinajstić information content (AvgIpc) is 1.31. The molecule has 13 nitrogen and oxygen atoms in total. The molecule has 494 valence electrons. The van der Waals surface area contributed by atoms with Crippen molar-refractivity contribution in [3.05, 3.63) is 58.7 Å². The fourth-order valence-electron chi connectivity index (χ4n) is 23.1. The molecule has 0 aliphatic heterocycles. The van der Waals surface area contributed by atoms with Crippen molar-refractivity contribution in [2.75, 3.05) is 17.2 Å². The number of aromatic nitrogens is 8. The molecular weight excluding hydrogens is 1550 g/mol. The van der Waals surface area contributed by atoms with Crippen LogP contribution in [0.4, 0.5) is 16.8 Å². The van der Waals surface area contributed by atoms with Crippen molar-refractivity contribution in [2.45, 2.75) is 237 Å². The number of aromatic amines is 4. The molecule has 6 saturated carbocycles. The zero-order chi connectivity index (χ0) is 64.2. The van der Waals surface area contributed by atoms with E-state index >= 15 is 0 Å². The van der Waals surface area contributed by atoms with Gasteiger partial charge in [0.2, 0.25) is 10.4 Å². The SMILES string of the molecule is C.CC1(C)CC[C@]2(C(=O)Cc3n[nH]c(=S)s3)CC[C@]3(C)C(=CCC4[C@@]5(C)Cc6c(N)n[nH]c6C(C)(C)C5CC[C@]43C)C2C1.CC1(C)CC[C@]2(C(=O)Cl)CC[C@]3(C)C(=CCC4[C@@]5(C)Cc6c(N)n[nH]c6C(C)(C)C5CC[C@]43C)C2C1.I[I-]I.Nc1n[nH]c(=S)s1. The van der Waals surface area contributed by atoms with Crippen molar-refractivity contribution in [1.82, 2.24) is 40.8 Å². The molecule has 6 unspecified atom stereocenters. The summed E-state index contributed by atoms with van der Waals surface area (Å²) in [6.07, 6.45) is 25.2. The summed E-state index contributed by atoms with van der Waals surface area (Å²) < 4.78 is 1.28. The van der Waals surface area contributed by atoms with Crippen LogP contribution in [0.3, 0.4) is 0 Å². The number of ketones is 1. The minimum Gasteiger partial charge on any atom is -0.374 e. The van der Waals surface area contributed by atoms with Gasteiger partial charge in [0.25, 0.3) is 0 Å². The van der Waals surface area contributed by atoms with E-state index in [0.717, 1.165) is 94.9 Å². The first kappa shape index (κ1) is 70.5. The van der Waals surface area contributed by atoms with Gasteiger partial charge in [0.1, 0.15) is 22.4 Å². The van der Waals surface area contributed by atoms with E-state index < -0.39 is 0 Å². The van der Waals surface area contributed by atoms with Crippen LogP contribution in [0.25, 0.3) is 0 Å². The Morgan fingerprint density at radius 1 is 0.584 bits per heavy atom. The van der Waals surface area contributed by atoms with E-state index in [-0.39, 0.29) is 83.6 Å². The zero-order valence-electron chi connectivity index (χ0n) is 54.5. The van der Waals surface area contributed by atoms with Gasteiger partial charge in [-0.05, 0) is 230 Å². The number of halogens is 4. The number of carbonyl (C=O) groups is 2. The molecule has 10 aliphatic carbocycles. The van der Waals surface area contributed by atoms with Gasteiger partial charge in [-0.25, -0.2) is 0 Å². The van der Waals surface area contributed by atoms with E-state index in [1.807, 2.05) is 0 Å². The fourth-order valence-corrected chi connectivity index (χ4v) is 25.0. The third-order valence-electron chi connectivity index (χ3n) is 27.9. The van der Waals surface area contributed by atoms with Crippen LogP contribution in [0.2, 0.25) is 0 Å². The van der Waals surface area contributed by atoms with E-state index in [9.17, 15) is 9.59 Å². The number of nitrogens with zero attached hydrogens (tertiary/aromatic N) is 4. The molecule has 0 saturated heterocycles. The third-order valence-corrected chi connectivity index (χ3v) is 30.3. The van der Waals surface area contributed by atoms with Crippen molar-refractivity contribution in [3.8, 4) is 0 Å². The normalized spacial score (nSPS) is 39.2. The maximum Gasteiger partial charge on any atom is 0.201 e. The van der Waals surface area contributed by atoms with Crippen LogP contribution in [0, 0.1) is 97.6 Å². The maximum absolute atomic E-state index is 14.4. The standard InChI is InChI=1S/C34H49N5OS2.C31H46ClN3O.C2H3N3S2.CH4.I3/c1-29(2)12-14-34(24(40)16-25-36-39-28(41)42-25)15-13-32(6)20(21(34)18-29)8-9-23-31(5)17-19-26(37-38-27(19)35)30(3,4)22(31)10-11-33(23,32)7;1-26(2)12-14-31(25(32)36)15-13-29(6)19(20(31)17-26)8-9-22-28(5)16-18-23(34-35-24(18)33)27(3,4)21(28)10-11-30(22,29)7;3-1-4-5-2(6)7-1;;1-3-2/h8,21-23H,9-18H2,1-7H3,(H,39,41)(H3,35,37,38);8,20-22H,9-17H2,1-7H3,(H3,33,34,35);(H2,3,4)(H,5,6);1H4;/q;;;;-1/t21?,22?,23?,31-,32+,33+,34-;20?,21?,22?,28-,29+,30+,31-;;;/m00.../s1. The number of carbonyl (C=O) groups excluding carboxylic acids is 2. The summed E-state index contributed by atoms with van der Waals surface area (Å²) in [7, 11) is 0. The van der Waals surface area contributed by atoms with Crippen LogP contribution >= 0.6 is 95.9 Å². The molecule has 21 heteroatoms.